The molecule has 0 amide bonds. The first-order chi connectivity index (χ1) is 8.28. The number of ether oxygens (including phenoxy) is 1. The smallest absolute Gasteiger partial charge is 0.127 e. The molecule has 4 heteroatoms. The molecule has 0 unspecified atom stereocenters. The van der Waals surface area contributed by atoms with E-state index in [9.17, 15) is 0 Å². The van der Waals surface area contributed by atoms with Crippen molar-refractivity contribution in [1.29, 1.82) is 0 Å². The quantitative estimate of drug-likeness (QED) is 0.815. The lowest BCUT2D eigenvalue weighted by atomic mass is 10.3. The zero-order valence-electron chi connectivity index (χ0n) is 9.19. The van der Waals surface area contributed by atoms with Gasteiger partial charge in [0.1, 0.15) is 11.5 Å². The number of benzene rings is 2. The van der Waals surface area contributed by atoms with Gasteiger partial charge in [-0.1, -0.05) is 11.6 Å². The van der Waals surface area contributed by atoms with Crippen molar-refractivity contribution in [3.8, 4) is 11.5 Å². The van der Waals surface area contributed by atoms with E-state index in [4.69, 9.17) is 22.1 Å². The zero-order valence-corrected chi connectivity index (χ0v) is 9.95. The third kappa shape index (κ3) is 3.37. The third-order valence-electron chi connectivity index (χ3n) is 2.21. The van der Waals surface area contributed by atoms with Crippen LogP contribution in [0.1, 0.15) is 0 Å². The van der Waals surface area contributed by atoms with Crippen LogP contribution in [0.2, 0.25) is 5.02 Å². The van der Waals surface area contributed by atoms with Crippen LogP contribution in [-0.2, 0) is 0 Å². The van der Waals surface area contributed by atoms with E-state index >= 15 is 0 Å². The first-order valence-corrected chi connectivity index (χ1v) is 5.63. The van der Waals surface area contributed by atoms with E-state index in [-0.39, 0.29) is 0 Å². The van der Waals surface area contributed by atoms with Crippen molar-refractivity contribution in [3.63, 3.8) is 0 Å². The molecule has 2 rings (SSSR count). The van der Waals surface area contributed by atoms with Crippen molar-refractivity contribution in [3.05, 3.63) is 53.6 Å². The summed E-state index contributed by atoms with van der Waals surface area (Å²) in [6, 6.07) is 14.8. The van der Waals surface area contributed by atoms with Gasteiger partial charge in [-0.15, -0.1) is 0 Å². The molecule has 2 aromatic carbocycles. The van der Waals surface area contributed by atoms with Crippen LogP contribution < -0.4 is 15.8 Å². The maximum Gasteiger partial charge on any atom is 0.127 e. The molecule has 2 aromatic rings. The number of anilines is 1. The average molecular weight is 249 g/mol. The molecular weight excluding hydrogens is 236 g/mol. The summed E-state index contributed by atoms with van der Waals surface area (Å²) in [7, 11) is 0. The van der Waals surface area contributed by atoms with E-state index in [1.807, 2.05) is 36.4 Å². The Balaban J connectivity index is 2.05. The molecule has 0 heterocycles. The van der Waals surface area contributed by atoms with Crippen molar-refractivity contribution in [2.75, 3.05) is 12.0 Å². The van der Waals surface area contributed by atoms with Gasteiger partial charge in [0.25, 0.3) is 0 Å². The Bertz CT molecular complexity index is 468. The standard InChI is InChI=1S/C13H13ClN2O/c14-10-1-5-12(6-2-10)17-13-7-3-11(4-8-13)16-9-15/h1-8,16H,9,15H2. The van der Waals surface area contributed by atoms with Crippen LogP contribution in [0.4, 0.5) is 5.69 Å². The molecule has 3 nitrogen and oxygen atoms in total. The van der Waals surface area contributed by atoms with Gasteiger partial charge in [-0.25, -0.2) is 0 Å². The average Bonchev–Trinajstić information content (AvgIpc) is 2.35. The van der Waals surface area contributed by atoms with Gasteiger partial charge in [-0.3, -0.25) is 0 Å². The normalized spacial score (nSPS) is 10.0. The number of hydrogen-bond donors (Lipinski definition) is 2. The van der Waals surface area contributed by atoms with Crippen molar-refractivity contribution in [1.82, 2.24) is 0 Å². The highest BCUT2D eigenvalue weighted by Gasteiger charge is 1.97. The van der Waals surface area contributed by atoms with Crippen LogP contribution in [0, 0.1) is 0 Å². The van der Waals surface area contributed by atoms with Gasteiger partial charge in [0.15, 0.2) is 0 Å². The summed E-state index contributed by atoms with van der Waals surface area (Å²) in [5.74, 6) is 1.53. The highest BCUT2D eigenvalue weighted by molar-refractivity contribution is 6.30. The Morgan fingerprint density at radius 2 is 1.47 bits per heavy atom. The number of nitrogens with one attached hydrogen (secondary N) is 1. The molecule has 0 atom stereocenters. The summed E-state index contributed by atoms with van der Waals surface area (Å²) in [4.78, 5) is 0. The van der Waals surface area contributed by atoms with Crippen LogP contribution in [0.5, 0.6) is 11.5 Å². The highest BCUT2D eigenvalue weighted by Crippen LogP contribution is 2.24. The van der Waals surface area contributed by atoms with Crippen LogP contribution >= 0.6 is 11.6 Å². The minimum atomic E-state index is 0.414. The first-order valence-electron chi connectivity index (χ1n) is 5.25. The van der Waals surface area contributed by atoms with Gasteiger partial charge in [-0.2, -0.15) is 0 Å². The summed E-state index contributed by atoms with van der Waals surface area (Å²) >= 11 is 5.79. The van der Waals surface area contributed by atoms with Crippen molar-refractivity contribution in [2.24, 2.45) is 5.73 Å². The number of rotatable bonds is 4. The Labute approximate surface area is 105 Å². The molecule has 17 heavy (non-hydrogen) atoms. The Morgan fingerprint density at radius 3 is 2.00 bits per heavy atom. The summed E-state index contributed by atoms with van der Waals surface area (Å²) in [6.45, 7) is 0.414. The van der Waals surface area contributed by atoms with Crippen LogP contribution in [0.3, 0.4) is 0 Å². The molecule has 0 aromatic heterocycles. The van der Waals surface area contributed by atoms with Crippen LogP contribution in [-0.4, -0.2) is 6.67 Å². The van der Waals surface area contributed by atoms with Gasteiger partial charge in [0, 0.05) is 10.7 Å². The molecular formula is C13H13ClN2O. The lowest BCUT2D eigenvalue weighted by Gasteiger charge is -2.07. The second-order valence-corrected chi connectivity index (χ2v) is 3.90. The lowest BCUT2D eigenvalue weighted by Crippen LogP contribution is -2.10. The predicted molar refractivity (Wildman–Crippen MR) is 70.6 cm³/mol. The molecule has 0 aliphatic heterocycles. The first kappa shape index (κ1) is 11.8. The minimum absolute atomic E-state index is 0.414. The summed E-state index contributed by atoms with van der Waals surface area (Å²) in [5, 5.41) is 3.71. The van der Waals surface area contributed by atoms with Crippen LogP contribution in [0.25, 0.3) is 0 Å². The molecule has 0 saturated heterocycles. The molecule has 88 valence electrons. The van der Waals surface area contributed by atoms with Crippen LogP contribution in [0.15, 0.2) is 48.5 Å². The van der Waals surface area contributed by atoms with E-state index in [2.05, 4.69) is 5.32 Å². The Morgan fingerprint density at radius 1 is 0.941 bits per heavy atom. The Kier molecular flexibility index (Phi) is 3.85. The van der Waals surface area contributed by atoms with E-state index < -0.39 is 0 Å². The predicted octanol–water partition coefficient (Wildman–Crippen LogP) is 3.46. The minimum Gasteiger partial charge on any atom is -0.457 e. The summed E-state index contributed by atoms with van der Waals surface area (Å²) < 4.78 is 5.65. The van der Waals surface area contributed by atoms with E-state index in [0.29, 0.717) is 11.7 Å². The maximum atomic E-state index is 5.79. The Hall–Kier alpha value is -1.71. The third-order valence-corrected chi connectivity index (χ3v) is 2.46. The fourth-order valence-corrected chi connectivity index (χ4v) is 1.52. The SMILES string of the molecule is NCNc1ccc(Oc2ccc(Cl)cc2)cc1. The molecule has 0 aliphatic carbocycles. The van der Waals surface area contributed by atoms with Gasteiger partial charge in [0.05, 0.1) is 6.67 Å². The van der Waals surface area contributed by atoms with E-state index in [0.717, 1.165) is 17.2 Å². The van der Waals surface area contributed by atoms with Gasteiger partial charge >= 0.3 is 0 Å². The monoisotopic (exact) mass is 248 g/mol. The molecule has 0 aliphatic rings. The number of nitrogens with two attached hydrogens (primary N) is 1. The summed E-state index contributed by atoms with van der Waals surface area (Å²) in [6.07, 6.45) is 0. The van der Waals surface area contributed by atoms with E-state index in [1.54, 1.807) is 12.1 Å². The van der Waals surface area contributed by atoms with Crippen molar-refractivity contribution in [2.45, 2.75) is 0 Å². The second kappa shape index (κ2) is 5.57. The topological polar surface area (TPSA) is 47.3 Å². The summed E-state index contributed by atoms with van der Waals surface area (Å²) in [5.41, 5.74) is 6.35. The van der Waals surface area contributed by atoms with Crippen molar-refractivity contribution >= 4 is 17.3 Å². The molecule has 0 radical (unpaired) electrons. The maximum absolute atomic E-state index is 5.79. The largest absolute Gasteiger partial charge is 0.457 e. The molecule has 0 spiro atoms. The van der Waals surface area contributed by atoms with Gasteiger partial charge in [0.2, 0.25) is 0 Å². The van der Waals surface area contributed by atoms with Gasteiger partial charge in [-0.05, 0) is 48.5 Å². The van der Waals surface area contributed by atoms with Crippen molar-refractivity contribution < 1.29 is 4.74 Å². The molecule has 3 N–H and O–H groups in total. The zero-order chi connectivity index (χ0) is 12.1. The van der Waals surface area contributed by atoms with Gasteiger partial charge < -0.3 is 15.8 Å². The number of hydrogen-bond acceptors (Lipinski definition) is 3. The molecule has 0 fully saturated rings. The number of halogens is 1. The van der Waals surface area contributed by atoms with E-state index in [1.165, 1.54) is 0 Å². The molecule has 0 saturated carbocycles. The second-order valence-electron chi connectivity index (χ2n) is 3.46. The fourth-order valence-electron chi connectivity index (χ4n) is 1.40. The lowest BCUT2D eigenvalue weighted by molar-refractivity contribution is 0.483. The molecule has 0 bridgehead atoms. The highest BCUT2D eigenvalue weighted by atomic mass is 35.5. The fraction of sp³-hybridized carbons (Fsp3) is 0.0769.